The van der Waals surface area contributed by atoms with Gasteiger partial charge in [-0.15, -0.1) is 0 Å². The smallest absolute Gasteiger partial charge is 0.0555 e. The molecule has 0 aromatic heterocycles. The van der Waals surface area contributed by atoms with Crippen LogP contribution in [0, 0.1) is 0 Å². The van der Waals surface area contributed by atoms with Crippen LogP contribution in [0.4, 0.5) is 0 Å². The van der Waals surface area contributed by atoms with Gasteiger partial charge in [-0.3, -0.25) is 0 Å². The van der Waals surface area contributed by atoms with Gasteiger partial charge in [0, 0.05) is 16.8 Å². The second-order valence-electron chi connectivity index (χ2n) is 1.58. The number of hydrogen-bond donors (Lipinski definition) is 2. The lowest BCUT2D eigenvalue weighted by molar-refractivity contribution is 0.292. The maximum Gasteiger partial charge on any atom is 0.0555 e. The van der Waals surface area contributed by atoms with Crippen LogP contribution in [-0.4, -0.2) is 35.0 Å². The number of rotatable bonds is 5. The van der Waals surface area contributed by atoms with E-state index in [4.69, 9.17) is 5.11 Å². The van der Waals surface area contributed by atoms with Crippen LogP contribution in [0.5, 0.6) is 0 Å². The number of nitrogens with one attached hydrogen (secondary N) is 1. The van der Waals surface area contributed by atoms with E-state index in [2.05, 4.69) is 15.6 Å². The van der Waals surface area contributed by atoms with Gasteiger partial charge in [0.15, 0.2) is 0 Å². The van der Waals surface area contributed by atoms with Crippen molar-refractivity contribution in [2.45, 2.75) is 12.5 Å². The van der Waals surface area contributed by atoms with Crippen molar-refractivity contribution >= 4 is 10.2 Å². The summed E-state index contributed by atoms with van der Waals surface area (Å²) in [5, 5.41) is 11.3. The summed E-state index contributed by atoms with van der Waals surface area (Å²) in [4.78, 5) is 0. The van der Waals surface area contributed by atoms with Gasteiger partial charge in [0.2, 0.25) is 0 Å². The molecule has 2 N–H and O–H groups in total. The fraction of sp³-hybridized carbons (Fsp3) is 1.00. The highest BCUT2D eigenvalue weighted by Crippen LogP contribution is 1.78. The van der Waals surface area contributed by atoms with Gasteiger partial charge in [0.25, 0.3) is 0 Å². The molecule has 0 spiro atoms. The molecule has 0 heterocycles. The summed E-state index contributed by atoms with van der Waals surface area (Å²) in [6.45, 7) is 1.94. The Hall–Kier alpha value is 0.137. The molecule has 8 heavy (non-hydrogen) atoms. The first kappa shape index (κ1) is 8.14. The monoisotopic (exact) mass is 130 g/mol. The van der Waals surface area contributed by atoms with E-state index in [1.54, 1.807) is 0 Å². The summed E-state index contributed by atoms with van der Waals surface area (Å²) in [5.74, 6) is 0. The first-order chi connectivity index (χ1) is 3.91. The normalized spacial score (nSPS) is 9.75. The highest BCUT2D eigenvalue weighted by molar-refractivity contribution is 6.08. The topological polar surface area (TPSA) is 32.3 Å². The van der Waals surface area contributed by atoms with Gasteiger partial charge in [0.1, 0.15) is 0 Å². The van der Waals surface area contributed by atoms with Gasteiger partial charge in [-0.2, -0.15) is 0 Å². The van der Waals surface area contributed by atoms with Crippen molar-refractivity contribution in [3.05, 3.63) is 0 Å². The van der Waals surface area contributed by atoms with E-state index < -0.39 is 0 Å². The van der Waals surface area contributed by atoms with Crippen molar-refractivity contribution in [1.29, 1.82) is 0 Å². The Labute approximate surface area is 53.7 Å². The standard InChI is InChI=1S/C5H12NOSi/c7-4-3-6-2-1-5-8/h6-7H,1-5H2. The van der Waals surface area contributed by atoms with Crippen LogP contribution in [0.15, 0.2) is 0 Å². The van der Waals surface area contributed by atoms with Crippen molar-refractivity contribution in [3.8, 4) is 0 Å². The minimum absolute atomic E-state index is 0.238. The highest BCUT2D eigenvalue weighted by Gasteiger charge is 1.81. The predicted molar refractivity (Wildman–Crippen MR) is 35.1 cm³/mol. The van der Waals surface area contributed by atoms with Gasteiger partial charge in [-0.05, 0) is 13.0 Å². The fourth-order valence-corrected chi connectivity index (χ4v) is 0.594. The molecule has 0 unspecified atom stereocenters. The van der Waals surface area contributed by atoms with Crippen LogP contribution < -0.4 is 5.32 Å². The minimum Gasteiger partial charge on any atom is -0.395 e. The average Bonchev–Trinajstić information content (AvgIpc) is 1.81. The van der Waals surface area contributed by atoms with Crippen molar-refractivity contribution in [3.63, 3.8) is 0 Å². The molecule has 0 atom stereocenters. The molecule has 2 nitrogen and oxygen atoms in total. The van der Waals surface area contributed by atoms with E-state index in [-0.39, 0.29) is 6.61 Å². The van der Waals surface area contributed by atoms with E-state index in [0.29, 0.717) is 6.54 Å². The maximum absolute atomic E-state index is 8.29. The minimum atomic E-state index is 0.238. The lowest BCUT2D eigenvalue weighted by Gasteiger charge is -1.97. The van der Waals surface area contributed by atoms with Crippen LogP contribution in [0.2, 0.25) is 6.04 Å². The van der Waals surface area contributed by atoms with E-state index in [9.17, 15) is 0 Å². The van der Waals surface area contributed by atoms with Gasteiger partial charge in [-0.1, -0.05) is 6.04 Å². The number of hydrogen-bond acceptors (Lipinski definition) is 2. The van der Waals surface area contributed by atoms with Gasteiger partial charge >= 0.3 is 0 Å². The largest absolute Gasteiger partial charge is 0.395 e. The molecule has 0 aliphatic carbocycles. The third-order valence-corrected chi connectivity index (χ3v) is 1.17. The van der Waals surface area contributed by atoms with Crippen molar-refractivity contribution in [1.82, 2.24) is 5.32 Å². The predicted octanol–water partition coefficient (Wildman–Crippen LogP) is -0.455. The molecular formula is C5H12NOSi. The molecule has 0 aliphatic rings. The Morgan fingerprint density at radius 2 is 2.12 bits per heavy atom. The molecule has 0 fully saturated rings. The molecule has 47 valence electrons. The third-order valence-electron chi connectivity index (χ3n) is 0.819. The zero-order valence-electron chi connectivity index (χ0n) is 4.98. The molecule has 0 aromatic carbocycles. The first-order valence-corrected chi connectivity index (χ1v) is 3.58. The van der Waals surface area contributed by atoms with Gasteiger partial charge in [-0.25, -0.2) is 0 Å². The molecule has 0 saturated heterocycles. The Kier molecular flexibility index (Phi) is 7.26. The van der Waals surface area contributed by atoms with Gasteiger partial charge < -0.3 is 10.4 Å². The molecule has 3 radical (unpaired) electrons. The van der Waals surface area contributed by atoms with E-state index in [0.717, 1.165) is 19.0 Å². The Bertz CT molecular complexity index is 37.4. The number of aliphatic hydroxyl groups excluding tert-OH is 1. The van der Waals surface area contributed by atoms with Crippen LogP contribution >= 0.6 is 0 Å². The molecule has 0 amide bonds. The molecule has 0 saturated carbocycles. The zero-order chi connectivity index (χ0) is 6.24. The molecule has 0 aromatic rings. The molecule has 0 bridgehead atoms. The van der Waals surface area contributed by atoms with Crippen LogP contribution in [0.1, 0.15) is 6.42 Å². The van der Waals surface area contributed by atoms with E-state index >= 15 is 0 Å². The molecule has 3 heteroatoms. The summed E-state index contributed by atoms with van der Waals surface area (Å²) >= 11 is 0. The van der Waals surface area contributed by atoms with Gasteiger partial charge in [0.05, 0.1) is 6.61 Å². The quantitative estimate of drug-likeness (QED) is 0.390. The Morgan fingerprint density at radius 3 is 2.62 bits per heavy atom. The van der Waals surface area contributed by atoms with Crippen molar-refractivity contribution in [2.75, 3.05) is 19.7 Å². The zero-order valence-corrected chi connectivity index (χ0v) is 5.98. The third kappa shape index (κ3) is 6.14. The SMILES string of the molecule is OCCNCCC[Si]. The first-order valence-electron chi connectivity index (χ1n) is 2.88. The Morgan fingerprint density at radius 1 is 1.38 bits per heavy atom. The lowest BCUT2D eigenvalue weighted by atomic mass is 10.5. The second-order valence-corrected chi connectivity index (χ2v) is 2.08. The van der Waals surface area contributed by atoms with Crippen molar-refractivity contribution in [2.24, 2.45) is 0 Å². The van der Waals surface area contributed by atoms with Crippen LogP contribution in [0.25, 0.3) is 0 Å². The van der Waals surface area contributed by atoms with Crippen LogP contribution in [0.3, 0.4) is 0 Å². The molecular weight excluding hydrogens is 118 g/mol. The summed E-state index contributed by atoms with van der Waals surface area (Å²) in [7, 11) is 3.34. The van der Waals surface area contributed by atoms with Crippen LogP contribution in [-0.2, 0) is 0 Å². The number of aliphatic hydroxyl groups is 1. The molecule has 0 rings (SSSR count). The summed E-state index contributed by atoms with van der Waals surface area (Å²) in [5.41, 5.74) is 0. The van der Waals surface area contributed by atoms with Crippen molar-refractivity contribution < 1.29 is 5.11 Å². The lowest BCUT2D eigenvalue weighted by Crippen LogP contribution is -2.18. The van der Waals surface area contributed by atoms with E-state index in [1.807, 2.05) is 0 Å². The molecule has 0 aliphatic heterocycles. The fourth-order valence-electron chi connectivity index (χ4n) is 0.417. The summed E-state index contributed by atoms with van der Waals surface area (Å²) in [6.07, 6.45) is 1.12. The maximum atomic E-state index is 8.29. The Balaban J connectivity index is 2.53. The highest BCUT2D eigenvalue weighted by atomic mass is 28.1. The van der Waals surface area contributed by atoms with E-state index in [1.165, 1.54) is 0 Å². The summed E-state index contributed by atoms with van der Waals surface area (Å²) in [6, 6.07) is 1.03. The summed E-state index contributed by atoms with van der Waals surface area (Å²) < 4.78 is 0. The second kappa shape index (κ2) is 7.14. The average molecular weight is 130 g/mol.